The molecular formula is C27H27Cl2N4O+. The lowest BCUT2D eigenvalue weighted by atomic mass is 10.1. The topological polar surface area (TPSA) is 48.2 Å². The van der Waals surface area contributed by atoms with Crippen LogP contribution in [0, 0.1) is 0 Å². The van der Waals surface area contributed by atoms with Crippen LogP contribution < -0.4 is 20.1 Å². The minimum atomic E-state index is -0.157. The van der Waals surface area contributed by atoms with Crippen LogP contribution in [0.25, 0.3) is 10.9 Å². The van der Waals surface area contributed by atoms with Gasteiger partial charge in [0.25, 0.3) is 5.91 Å². The molecule has 3 aromatic carbocycles. The molecular weight excluding hydrogens is 467 g/mol. The van der Waals surface area contributed by atoms with Gasteiger partial charge in [0, 0.05) is 59.6 Å². The monoisotopic (exact) mass is 493 g/mol. The maximum atomic E-state index is 12.7. The van der Waals surface area contributed by atoms with Gasteiger partial charge >= 0.3 is 0 Å². The Hall–Kier alpha value is -3.28. The summed E-state index contributed by atoms with van der Waals surface area (Å²) in [6, 6.07) is 25.5. The summed E-state index contributed by atoms with van der Waals surface area (Å²) in [7, 11) is 2.03. The highest BCUT2D eigenvalue weighted by Gasteiger charge is 2.11. The first-order valence-corrected chi connectivity index (χ1v) is 12.2. The van der Waals surface area contributed by atoms with E-state index >= 15 is 0 Å². The van der Waals surface area contributed by atoms with Crippen molar-refractivity contribution >= 4 is 62.8 Å². The molecule has 0 aliphatic carbocycles. The van der Waals surface area contributed by atoms with E-state index in [1.165, 1.54) is 0 Å². The van der Waals surface area contributed by atoms with Crippen molar-refractivity contribution in [2.75, 3.05) is 40.4 Å². The maximum absolute atomic E-state index is 12.7. The van der Waals surface area contributed by atoms with Gasteiger partial charge < -0.3 is 15.5 Å². The minimum Gasteiger partial charge on any atom is -0.369 e. The van der Waals surface area contributed by atoms with Crippen LogP contribution in [-0.4, -0.2) is 30.8 Å². The molecule has 0 bridgehead atoms. The Morgan fingerprint density at radius 2 is 1.50 bits per heavy atom. The largest absolute Gasteiger partial charge is 0.369 e. The van der Waals surface area contributed by atoms with Crippen LogP contribution >= 0.6 is 23.2 Å². The van der Waals surface area contributed by atoms with Gasteiger partial charge in [-0.2, -0.15) is 0 Å². The number of alkyl halides is 2. The quantitative estimate of drug-likeness (QED) is 0.224. The first kappa shape index (κ1) is 23.9. The first-order chi connectivity index (χ1) is 16.6. The molecule has 174 valence electrons. The number of hydrogen-bond acceptors (Lipinski definition) is 3. The van der Waals surface area contributed by atoms with Crippen LogP contribution in [0.4, 0.5) is 22.7 Å². The van der Waals surface area contributed by atoms with Crippen LogP contribution in [0.5, 0.6) is 0 Å². The molecule has 7 heteroatoms. The predicted octanol–water partition coefficient (Wildman–Crippen LogP) is 5.94. The van der Waals surface area contributed by atoms with Gasteiger partial charge in [0.2, 0.25) is 5.52 Å². The number of para-hydroxylation sites is 1. The van der Waals surface area contributed by atoms with Crippen LogP contribution in [0.15, 0.2) is 85.1 Å². The fourth-order valence-electron chi connectivity index (χ4n) is 3.87. The third-order valence-corrected chi connectivity index (χ3v) is 6.00. The SMILES string of the molecule is C[n+]1ccc(Nc2ccc(NC(=O)c3ccc(N(CCCl)CCCl)cc3)cc2)c2ccccc21. The normalized spacial score (nSPS) is 10.8. The number of benzene rings is 3. The smallest absolute Gasteiger partial charge is 0.255 e. The van der Waals surface area contributed by atoms with E-state index in [1.807, 2.05) is 73.9 Å². The number of amides is 1. The lowest BCUT2D eigenvalue weighted by Crippen LogP contribution is -2.28. The summed E-state index contributed by atoms with van der Waals surface area (Å²) >= 11 is 11.8. The lowest BCUT2D eigenvalue weighted by molar-refractivity contribution is -0.644. The molecule has 34 heavy (non-hydrogen) atoms. The fourth-order valence-corrected chi connectivity index (χ4v) is 4.28. The van der Waals surface area contributed by atoms with E-state index in [9.17, 15) is 4.79 Å². The Kier molecular flexibility index (Phi) is 7.88. The van der Waals surface area contributed by atoms with E-state index in [0.29, 0.717) is 30.4 Å². The van der Waals surface area contributed by atoms with E-state index in [0.717, 1.165) is 33.7 Å². The van der Waals surface area contributed by atoms with Gasteiger partial charge in [-0.3, -0.25) is 4.79 Å². The average Bonchev–Trinajstić information content (AvgIpc) is 2.87. The molecule has 1 heterocycles. The van der Waals surface area contributed by atoms with E-state index in [1.54, 1.807) is 0 Å². The molecule has 0 aliphatic heterocycles. The maximum Gasteiger partial charge on any atom is 0.255 e. The molecule has 0 aliphatic rings. The highest BCUT2D eigenvalue weighted by atomic mass is 35.5. The fraction of sp³-hybridized carbons (Fsp3) is 0.185. The molecule has 0 fully saturated rings. The second-order valence-corrected chi connectivity index (χ2v) is 8.68. The minimum absolute atomic E-state index is 0.157. The van der Waals surface area contributed by atoms with Crippen molar-refractivity contribution in [3.63, 3.8) is 0 Å². The molecule has 0 radical (unpaired) electrons. The summed E-state index contributed by atoms with van der Waals surface area (Å²) in [4.78, 5) is 14.8. The number of aryl methyl sites for hydroxylation is 1. The number of aromatic nitrogens is 1. The van der Waals surface area contributed by atoms with E-state index < -0.39 is 0 Å². The second-order valence-electron chi connectivity index (χ2n) is 7.93. The Balaban J connectivity index is 1.42. The highest BCUT2D eigenvalue weighted by Crippen LogP contribution is 2.25. The summed E-state index contributed by atoms with van der Waals surface area (Å²) in [5.41, 5.74) is 5.44. The van der Waals surface area contributed by atoms with Gasteiger partial charge in [-0.1, -0.05) is 12.1 Å². The number of nitrogens with zero attached hydrogens (tertiary/aromatic N) is 2. The number of anilines is 4. The van der Waals surface area contributed by atoms with Crippen molar-refractivity contribution in [3.8, 4) is 0 Å². The molecule has 5 nitrogen and oxygen atoms in total. The zero-order chi connectivity index (χ0) is 23.9. The first-order valence-electron chi connectivity index (χ1n) is 11.1. The number of fused-ring (bicyclic) bond motifs is 1. The Morgan fingerprint density at radius 3 is 2.18 bits per heavy atom. The van der Waals surface area contributed by atoms with E-state index in [4.69, 9.17) is 23.2 Å². The van der Waals surface area contributed by atoms with Crippen molar-refractivity contribution in [1.29, 1.82) is 0 Å². The second kappa shape index (κ2) is 11.2. The third kappa shape index (κ3) is 5.61. The lowest BCUT2D eigenvalue weighted by Gasteiger charge is -2.22. The van der Waals surface area contributed by atoms with Crippen molar-refractivity contribution in [3.05, 3.63) is 90.6 Å². The van der Waals surface area contributed by atoms with Gasteiger partial charge in [0.1, 0.15) is 7.05 Å². The molecule has 0 atom stereocenters. The number of rotatable bonds is 9. The van der Waals surface area contributed by atoms with Gasteiger partial charge in [-0.25, -0.2) is 4.57 Å². The summed E-state index contributed by atoms with van der Waals surface area (Å²) in [5.74, 6) is 0.877. The number of nitrogens with one attached hydrogen (secondary N) is 2. The Bertz CT molecular complexity index is 1250. The Morgan fingerprint density at radius 1 is 0.853 bits per heavy atom. The zero-order valence-corrected chi connectivity index (χ0v) is 20.5. The van der Waals surface area contributed by atoms with Gasteiger partial charge in [0.15, 0.2) is 6.20 Å². The molecule has 4 aromatic rings. The summed E-state index contributed by atoms with van der Waals surface area (Å²) in [5, 5.41) is 7.58. The Labute approximate surface area is 209 Å². The van der Waals surface area contributed by atoms with E-state index in [2.05, 4.69) is 38.3 Å². The van der Waals surface area contributed by atoms with Crippen LogP contribution in [0.2, 0.25) is 0 Å². The molecule has 1 amide bonds. The molecule has 0 unspecified atom stereocenters. The number of carbonyl (C=O) groups excluding carboxylic acids is 1. The molecule has 1 aromatic heterocycles. The molecule has 0 saturated carbocycles. The summed E-state index contributed by atoms with van der Waals surface area (Å²) in [6.45, 7) is 1.41. The molecule has 4 rings (SSSR count). The van der Waals surface area contributed by atoms with Gasteiger partial charge in [0.05, 0.1) is 11.1 Å². The highest BCUT2D eigenvalue weighted by molar-refractivity contribution is 6.18. The molecule has 0 saturated heterocycles. The average molecular weight is 494 g/mol. The number of carbonyl (C=O) groups is 1. The predicted molar refractivity (Wildman–Crippen MR) is 143 cm³/mol. The van der Waals surface area contributed by atoms with Crippen LogP contribution in [-0.2, 0) is 7.05 Å². The standard InChI is InChI=1S/C27H26Cl2N4O/c1-32-17-14-25(24-4-2-3-5-26(24)32)30-21-8-10-22(11-9-21)31-27(34)20-6-12-23(13-7-20)33(18-15-28)19-16-29/h2-14,17H,15-16,18-19H2,1H3,(H,31,34)/p+1. The van der Waals surface area contributed by atoms with Gasteiger partial charge in [-0.15, -0.1) is 23.2 Å². The molecule has 2 N–H and O–H groups in total. The summed E-state index contributed by atoms with van der Waals surface area (Å²) in [6.07, 6.45) is 2.04. The number of halogens is 2. The third-order valence-electron chi connectivity index (χ3n) is 5.66. The van der Waals surface area contributed by atoms with E-state index in [-0.39, 0.29) is 5.91 Å². The van der Waals surface area contributed by atoms with Crippen LogP contribution in [0.1, 0.15) is 10.4 Å². The van der Waals surface area contributed by atoms with Crippen molar-refractivity contribution < 1.29 is 9.36 Å². The molecule has 0 spiro atoms. The van der Waals surface area contributed by atoms with Crippen LogP contribution in [0.3, 0.4) is 0 Å². The van der Waals surface area contributed by atoms with Crippen molar-refractivity contribution in [1.82, 2.24) is 0 Å². The summed E-state index contributed by atoms with van der Waals surface area (Å²) < 4.78 is 2.10. The van der Waals surface area contributed by atoms with Crippen molar-refractivity contribution in [2.45, 2.75) is 0 Å². The van der Waals surface area contributed by atoms with Crippen molar-refractivity contribution in [2.24, 2.45) is 7.05 Å². The number of pyridine rings is 1. The zero-order valence-electron chi connectivity index (χ0n) is 19.0. The van der Waals surface area contributed by atoms with Gasteiger partial charge in [-0.05, 0) is 54.6 Å². The number of hydrogen-bond donors (Lipinski definition) is 2.